The predicted octanol–water partition coefficient (Wildman–Crippen LogP) is 4.63. The van der Waals surface area contributed by atoms with Crippen LogP contribution in [0.25, 0.3) is 10.8 Å². The number of phenols is 1. The van der Waals surface area contributed by atoms with E-state index < -0.39 is 0 Å². The Balaban J connectivity index is 2.92. The van der Waals surface area contributed by atoms with Gasteiger partial charge < -0.3 is 5.11 Å². The van der Waals surface area contributed by atoms with Crippen molar-refractivity contribution in [3.05, 3.63) is 40.4 Å². The summed E-state index contributed by atoms with van der Waals surface area (Å²) in [5.74, 6) is 0.644. The van der Waals surface area contributed by atoms with Crippen molar-refractivity contribution < 1.29 is 5.11 Å². The molecule has 0 aliphatic heterocycles. The van der Waals surface area contributed by atoms with Crippen LogP contribution in [0.4, 0.5) is 0 Å². The Kier molecular flexibility index (Phi) is 2.81. The van der Waals surface area contributed by atoms with Gasteiger partial charge in [0.15, 0.2) is 0 Å². The van der Waals surface area contributed by atoms with Crippen LogP contribution in [-0.2, 0) is 0 Å². The molecule has 0 fully saturated rings. The highest BCUT2D eigenvalue weighted by molar-refractivity contribution is 6.36. The lowest BCUT2D eigenvalue weighted by Gasteiger charge is -2.13. The molecule has 0 aromatic heterocycles. The van der Waals surface area contributed by atoms with E-state index in [1.165, 1.54) is 0 Å². The maximum Gasteiger partial charge on any atom is 0.116 e. The first-order valence-corrected chi connectivity index (χ1v) is 5.80. The molecular weight excluding hydrogens is 220 g/mol. The molecule has 0 aliphatic rings. The number of hydrogen-bond acceptors (Lipinski definition) is 1. The molecule has 0 aliphatic carbocycles. The molecule has 0 radical (unpaired) electrons. The van der Waals surface area contributed by atoms with Crippen molar-refractivity contribution in [1.29, 1.82) is 0 Å². The van der Waals surface area contributed by atoms with Crippen molar-refractivity contribution in [2.24, 2.45) is 0 Å². The van der Waals surface area contributed by atoms with Gasteiger partial charge >= 0.3 is 0 Å². The Morgan fingerprint density at radius 3 is 2.50 bits per heavy atom. The standard InChI is InChI=1S/C14H15ClO/c1-8(2)12-7-11(16)6-10-5-4-9(3)14(15)13(10)12/h4-8,16H,1-3H3. The SMILES string of the molecule is Cc1ccc2cc(O)cc(C(C)C)c2c1Cl. The Morgan fingerprint density at radius 1 is 1.19 bits per heavy atom. The van der Waals surface area contributed by atoms with Crippen LogP contribution in [0.2, 0.25) is 5.02 Å². The van der Waals surface area contributed by atoms with E-state index in [9.17, 15) is 5.11 Å². The summed E-state index contributed by atoms with van der Waals surface area (Å²) in [5, 5.41) is 12.5. The van der Waals surface area contributed by atoms with E-state index in [4.69, 9.17) is 11.6 Å². The zero-order valence-electron chi connectivity index (χ0n) is 9.71. The Bertz CT molecular complexity index is 544. The van der Waals surface area contributed by atoms with Gasteiger partial charge in [0.25, 0.3) is 0 Å². The zero-order valence-corrected chi connectivity index (χ0v) is 10.5. The molecular formula is C14H15ClO. The molecule has 0 spiro atoms. The molecule has 0 saturated carbocycles. The molecule has 1 nitrogen and oxygen atoms in total. The van der Waals surface area contributed by atoms with E-state index in [-0.39, 0.29) is 0 Å². The molecule has 2 aromatic rings. The molecule has 0 amide bonds. The zero-order chi connectivity index (χ0) is 11.9. The van der Waals surface area contributed by atoms with Crippen molar-refractivity contribution >= 4 is 22.4 Å². The monoisotopic (exact) mass is 234 g/mol. The topological polar surface area (TPSA) is 20.2 Å². The molecule has 2 heteroatoms. The van der Waals surface area contributed by atoms with E-state index in [2.05, 4.69) is 13.8 Å². The third-order valence-electron chi connectivity index (χ3n) is 2.88. The summed E-state index contributed by atoms with van der Waals surface area (Å²) in [6.45, 7) is 6.21. The Morgan fingerprint density at radius 2 is 1.88 bits per heavy atom. The van der Waals surface area contributed by atoms with E-state index in [1.54, 1.807) is 12.1 Å². The summed E-state index contributed by atoms with van der Waals surface area (Å²) < 4.78 is 0. The number of fused-ring (bicyclic) bond motifs is 1. The fourth-order valence-corrected chi connectivity index (χ4v) is 2.28. The number of halogens is 1. The van der Waals surface area contributed by atoms with Crippen LogP contribution in [0.3, 0.4) is 0 Å². The normalized spacial score (nSPS) is 11.3. The lowest BCUT2D eigenvalue weighted by atomic mass is 9.94. The van der Waals surface area contributed by atoms with Crippen LogP contribution in [0.1, 0.15) is 30.9 Å². The highest BCUT2D eigenvalue weighted by atomic mass is 35.5. The molecule has 0 unspecified atom stereocenters. The van der Waals surface area contributed by atoms with Gasteiger partial charge in [-0.3, -0.25) is 0 Å². The third kappa shape index (κ3) is 1.76. The van der Waals surface area contributed by atoms with Crippen LogP contribution in [0.5, 0.6) is 5.75 Å². The van der Waals surface area contributed by atoms with Crippen LogP contribution < -0.4 is 0 Å². The average molecular weight is 235 g/mol. The average Bonchev–Trinajstić information content (AvgIpc) is 2.22. The van der Waals surface area contributed by atoms with Gasteiger partial charge in [-0.2, -0.15) is 0 Å². The summed E-state index contributed by atoms with van der Waals surface area (Å²) in [5.41, 5.74) is 2.17. The Labute approximate surface area is 101 Å². The summed E-state index contributed by atoms with van der Waals surface area (Å²) >= 11 is 6.35. The van der Waals surface area contributed by atoms with E-state index in [0.717, 1.165) is 26.9 Å². The largest absolute Gasteiger partial charge is 0.508 e. The van der Waals surface area contributed by atoms with E-state index in [1.807, 2.05) is 19.1 Å². The van der Waals surface area contributed by atoms with Crippen molar-refractivity contribution in [3.8, 4) is 5.75 Å². The fraction of sp³-hybridized carbons (Fsp3) is 0.286. The lowest BCUT2D eigenvalue weighted by Crippen LogP contribution is -1.91. The minimum atomic E-state index is 0.302. The second-order valence-corrected chi connectivity index (χ2v) is 4.86. The first-order valence-electron chi connectivity index (χ1n) is 5.42. The van der Waals surface area contributed by atoms with Crippen LogP contribution >= 0.6 is 11.6 Å². The van der Waals surface area contributed by atoms with Gasteiger partial charge in [0.1, 0.15) is 5.75 Å². The van der Waals surface area contributed by atoms with E-state index >= 15 is 0 Å². The van der Waals surface area contributed by atoms with Gasteiger partial charge in [0.05, 0.1) is 5.02 Å². The van der Waals surface area contributed by atoms with E-state index in [0.29, 0.717) is 11.7 Å². The van der Waals surface area contributed by atoms with Crippen molar-refractivity contribution in [3.63, 3.8) is 0 Å². The Hall–Kier alpha value is -1.21. The maximum atomic E-state index is 9.68. The van der Waals surface area contributed by atoms with Crippen LogP contribution in [0, 0.1) is 6.92 Å². The highest BCUT2D eigenvalue weighted by Gasteiger charge is 2.11. The third-order valence-corrected chi connectivity index (χ3v) is 3.37. The van der Waals surface area contributed by atoms with Crippen molar-refractivity contribution in [2.75, 3.05) is 0 Å². The van der Waals surface area contributed by atoms with Gasteiger partial charge in [-0.15, -0.1) is 0 Å². The molecule has 0 saturated heterocycles. The first kappa shape index (κ1) is 11.3. The lowest BCUT2D eigenvalue weighted by molar-refractivity contribution is 0.475. The minimum absolute atomic E-state index is 0.302. The van der Waals surface area contributed by atoms with Gasteiger partial charge in [0.2, 0.25) is 0 Å². The summed E-state index contributed by atoms with van der Waals surface area (Å²) in [6.07, 6.45) is 0. The fourth-order valence-electron chi connectivity index (χ4n) is 2.00. The minimum Gasteiger partial charge on any atom is -0.508 e. The van der Waals surface area contributed by atoms with Crippen molar-refractivity contribution in [1.82, 2.24) is 0 Å². The number of aromatic hydroxyl groups is 1. The van der Waals surface area contributed by atoms with Crippen molar-refractivity contribution in [2.45, 2.75) is 26.7 Å². The number of phenolic OH excluding ortho intramolecular Hbond substituents is 1. The molecule has 1 N–H and O–H groups in total. The smallest absolute Gasteiger partial charge is 0.116 e. The molecule has 2 aromatic carbocycles. The molecule has 2 rings (SSSR count). The number of hydrogen-bond donors (Lipinski definition) is 1. The van der Waals surface area contributed by atoms with Gasteiger partial charge in [-0.05, 0) is 41.5 Å². The molecule has 0 atom stereocenters. The highest BCUT2D eigenvalue weighted by Crippen LogP contribution is 2.36. The van der Waals surface area contributed by atoms with Crippen LogP contribution in [0.15, 0.2) is 24.3 Å². The quantitative estimate of drug-likeness (QED) is 0.763. The molecule has 0 heterocycles. The molecule has 16 heavy (non-hydrogen) atoms. The number of rotatable bonds is 1. The number of benzene rings is 2. The number of aryl methyl sites for hydroxylation is 1. The first-order chi connectivity index (χ1) is 7.50. The summed E-state index contributed by atoms with van der Waals surface area (Å²) in [6, 6.07) is 7.54. The predicted molar refractivity (Wildman–Crippen MR) is 69.4 cm³/mol. The van der Waals surface area contributed by atoms with Gasteiger partial charge in [-0.1, -0.05) is 37.6 Å². The molecule has 0 bridgehead atoms. The second kappa shape index (κ2) is 3.99. The maximum absolute atomic E-state index is 9.68. The van der Waals surface area contributed by atoms with Gasteiger partial charge in [0, 0.05) is 5.39 Å². The second-order valence-electron chi connectivity index (χ2n) is 4.48. The van der Waals surface area contributed by atoms with Crippen LogP contribution in [-0.4, -0.2) is 5.11 Å². The molecule has 84 valence electrons. The summed E-state index contributed by atoms with van der Waals surface area (Å²) in [7, 11) is 0. The summed E-state index contributed by atoms with van der Waals surface area (Å²) in [4.78, 5) is 0. The van der Waals surface area contributed by atoms with Gasteiger partial charge in [-0.25, -0.2) is 0 Å².